The van der Waals surface area contributed by atoms with E-state index in [4.69, 9.17) is 0 Å². The van der Waals surface area contributed by atoms with Crippen molar-refractivity contribution >= 4 is 11.9 Å². The van der Waals surface area contributed by atoms with Crippen LogP contribution in [0.3, 0.4) is 0 Å². The molecular formula is C11H17N3O4. The van der Waals surface area contributed by atoms with Crippen molar-refractivity contribution in [1.29, 1.82) is 0 Å². The predicted octanol–water partition coefficient (Wildman–Crippen LogP) is -0.525. The molecule has 1 unspecified atom stereocenters. The number of hydrogen-bond donors (Lipinski definition) is 2. The maximum atomic E-state index is 11.8. The van der Waals surface area contributed by atoms with Crippen molar-refractivity contribution in [1.82, 2.24) is 15.1 Å². The van der Waals surface area contributed by atoms with E-state index in [-0.39, 0.29) is 12.5 Å². The van der Waals surface area contributed by atoms with Gasteiger partial charge in [0, 0.05) is 6.54 Å². The molecule has 0 spiro atoms. The number of aromatic nitrogens is 2. The molecule has 0 saturated heterocycles. The van der Waals surface area contributed by atoms with Gasteiger partial charge in [-0.15, -0.1) is 0 Å². The number of nitrogens with zero attached hydrogens (tertiary/aromatic N) is 2. The first-order valence-electron chi connectivity index (χ1n) is 5.58. The minimum atomic E-state index is -1.36. The van der Waals surface area contributed by atoms with Gasteiger partial charge in [0.2, 0.25) is 0 Å². The quantitative estimate of drug-likeness (QED) is 0.690. The molecule has 2 N–H and O–H groups in total. The second-order valence-corrected chi connectivity index (χ2v) is 3.74. The Balaban J connectivity index is 2.63. The molecule has 0 aliphatic heterocycles. The molecule has 100 valence electrons. The Kier molecular flexibility index (Phi) is 4.85. The fraction of sp³-hybridized carbons (Fsp3) is 0.545. The lowest BCUT2D eigenvalue weighted by molar-refractivity contribution is -0.149. The van der Waals surface area contributed by atoms with E-state index in [0.717, 1.165) is 5.69 Å². The molecule has 1 aromatic heterocycles. The first-order valence-corrected chi connectivity index (χ1v) is 5.58. The topological polar surface area (TPSA) is 93.5 Å². The van der Waals surface area contributed by atoms with Gasteiger partial charge in [-0.1, -0.05) is 0 Å². The van der Waals surface area contributed by atoms with Gasteiger partial charge in [0.15, 0.2) is 6.10 Å². The van der Waals surface area contributed by atoms with Crippen molar-refractivity contribution in [3.05, 3.63) is 17.5 Å². The maximum Gasteiger partial charge on any atom is 0.336 e. The third-order valence-corrected chi connectivity index (χ3v) is 2.36. The van der Waals surface area contributed by atoms with Crippen LogP contribution in [0.2, 0.25) is 0 Å². The largest absolute Gasteiger partial charge is 0.467 e. The highest BCUT2D eigenvalue weighted by Crippen LogP contribution is 2.03. The van der Waals surface area contributed by atoms with E-state index in [1.165, 1.54) is 7.11 Å². The van der Waals surface area contributed by atoms with Gasteiger partial charge in [-0.2, -0.15) is 5.10 Å². The lowest BCUT2D eigenvalue weighted by Gasteiger charge is -2.10. The summed E-state index contributed by atoms with van der Waals surface area (Å²) < 4.78 is 5.89. The molecule has 1 rings (SSSR count). The Morgan fingerprint density at radius 2 is 2.28 bits per heavy atom. The smallest absolute Gasteiger partial charge is 0.336 e. The normalized spacial score (nSPS) is 12.0. The zero-order valence-corrected chi connectivity index (χ0v) is 10.6. The van der Waals surface area contributed by atoms with Crippen molar-refractivity contribution in [2.45, 2.75) is 26.5 Å². The number of amides is 1. The van der Waals surface area contributed by atoms with Gasteiger partial charge >= 0.3 is 5.97 Å². The molecule has 7 heteroatoms. The Labute approximate surface area is 105 Å². The molecule has 7 nitrogen and oxygen atoms in total. The molecule has 0 aromatic carbocycles. The Hall–Kier alpha value is -1.89. The van der Waals surface area contributed by atoms with Crippen LogP contribution in [-0.4, -0.2) is 46.5 Å². The van der Waals surface area contributed by atoms with Gasteiger partial charge in [-0.05, 0) is 19.9 Å². The summed E-state index contributed by atoms with van der Waals surface area (Å²) in [4.78, 5) is 22.8. The van der Waals surface area contributed by atoms with Crippen LogP contribution in [0.25, 0.3) is 0 Å². The SMILES string of the molecule is CCn1nc(C)cc1C(=O)NCC(O)C(=O)OC. The van der Waals surface area contributed by atoms with Crippen molar-refractivity contribution < 1.29 is 19.4 Å². The first kappa shape index (κ1) is 14.2. The second-order valence-electron chi connectivity index (χ2n) is 3.74. The zero-order chi connectivity index (χ0) is 13.7. The van der Waals surface area contributed by atoms with Crippen molar-refractivity contribution in [2.75, 3.05) is 13.7 Å². The number of methoxy groups -OCH3 is 1. The highest BCUT2D eigenvalue weighted by Gasteiger charge is 2.18. The molecule has 0 bridgehead atoms. The van der Waals surface area contributed by atoms with Crippen LogP contribution in [-0.2, 0) is 16.1 Å². The van der Waals surface area contributed by atoms with Crippen LogP contribution < -0.4 is 5.32 Å². The summed E-state index contributed by atoms with van der Waals surface area (Å²) in [5, 5.41) is 15.9. The van der Waals surface area contributed by atoms with Crippen LogP contribution in [0.4, 0.5) is 0 Å². The highest BCUT2D eigenvalue weighted by atomic mass is 16.5. The van der Waals surface area contributed by atoms with Gasteiger partial charge in [0.05, 0.1) is 19.3 Å². The van der Waals surface area contributed by atoms with Crippen LogP contribution in [0, 0.1) is 6.92 Å². The van der Waals surface area contributed by atoms with E-state index in [1.807, 2.05) is 6.92 Å². The van der Waals surface area contributed by atoms with E-state index < -0.39 is 12.1 Å². The predicted molar refractivity (Wildman–Crippen MR) is 63.0 cm³/mol. The lowest BCUT2D eigenvalue weighted by Crippen LogP contribution is -2.37. The number of ether oxygens (including phenoxy) is 1. The molecule has 0 aliphatic carbocycles. The molecule has 0 radical (unpaired) electrons. The zero-order valence-electron chi connectivity index (χ0n) is 10.6. The summed E-state index contributed by atoms with van der Waals surface area (Å²) in [6.07, 6.45) is -1.36. The monoisotopic (exact) mass is 255 g/mol. The third-order valence-electron chi connectivity index (χ3n) is 2.36. The summed E-state index contributed by atoms with van der Waals surface area (Å²) >= 11 is 0. The number of hydrogen-bond acceptors (Lipinski definition) is 5. The number of aryl methyl sites for hydroxylation is 2. The Morgan fingerprint density at radius 1 is 1.61 bits per heavy atom. The number of esters is 1. The summed E-state index contributed by atoms with van der Waals surface area (Å²) in [6, 6.07) is 1.64. The van der Waals surface area contributed by atoms with Crippen LogP contribution in [0.15, 0.2) is 6.07 Å². The summed E-state index contributed by atoms with van der Waals surface area (Å²) in [6.45, 7) is 4.02. The number of nitrogens with one attached hydrogen (secondary N) is 1. The molecule has 0 saturated carbocycles. The number of aliphatic hydroxyl groups is 1. The maximum absolute atomic E-state index is 11.8. The van der Waals surface area contributed by atoms with Crippen molar-refractivity contribution in [3.63, 3.8) is 0 Å². The Morgan fingerprint density at radius 3 is 2.83 bits per heavy atom. The van der Waals surface area contributed by atoms with Crippen molar-refractivity contribution in [3.8, 4) is 0 Å². The number of carbonyl (C=O) groups is 2. The van der Waals surface area contributed by atoms with E-state index in [2.05, 4.69) is 15.2 Å². The molecule has 1 heterocycles. The minimum absolute atomic E-state index is 0.195. The van der Waals surface area contributed by atoms with Crippen molar-refractivity contribution in [2.24, 2.45) is 0 Å². The molecule has 1 amide bonds. The second kappa shape index (κ2) is 6.15. The van der Waals surface area contributed by atoms with Crippen LogP contribution >= 0.6 is 0 Å². The standard InChI is InChI=1S/C11H17N3O4/c1-4-14-8(5-7(2)13-14)10(16)12-6-9(15)11(17)18-3/h5,9,15H,4,6H2,1-3H3,(H,12,16). The fourth-order valence-corrected chi connectivity index (χ4v) is 1.47. The van der Waals surface area contributed by atoms with E-state index in [9.17, 15) is 14.7 Å². The van der Waals surface area contributed by atoms with Gasteiger partial charge in [-0.3, -0.25) is 9.48 Å². The van der Waals surface area contributed by atoms with Crippen LogP contribution in [0.1, 0.15) is 23.1 Å². The summed E-state index contributed by atoms with van der Waals surface area (Å²) in [5.74, 6) is -1.17. The number of rotatable bonds is 5. The van der Waals surface area contributed by atoms with E-state index in [1.54, 1.807) is 17.7 Å². The third kappa shape index (κ3) is 3.30. The average molecular weight is 255 g/mol. The molecule has 1 atom stereocenters. The first-order chi connectivity index (χ1) is 8.49. The lowest BCUT2D eigenvalue weighted by atomic mass is 10.3. The molecular weight excluding hydrogens is 238 g/mol. The van der Waals surface area contributed by atoms with Gasteiger partial charge < -0.3 is 15.2 Å². The molecule has 1 aromatic rings. The Bertz CT molecular complexity index is 441. The molecule has 0 fully saturated rings. The minimum Gasteiger partial charge on any atom is -0.467 e. The fourth-order valence-electron chi connectivity index (χ4n) is 1.47. The molecule has 0 aliphatic rings. The van der Waals surface area contributed by atoms with E-state index in [0.29, 0.717) is 12.2 Å². The summed E-state index contributed by atoms with van der Waals surface area (Å²) in [5.41, 5.74) is 1.13. The van der Waals surface area contributed by atoms with Crippen LogP contribution in [0.5, 0.6) is 0 Å². The van der Waals surface area contributed by atoms with Gasteiger partial charge in [-0.25, -0.2) is 4.79 Å². The molecule has 18 heavy (non-hydrogen) atoms. The van der Waals surface area contributed by atoms with E-state index >= 15 is 0 Å². The number of carbonyl (C=O) groups excluding carboxylic acids is 2. The van der Waals surface area contributed by atoms with Gasteiger partial charge in [0.1, 0.15) is 5.69 Å². The average Bonchev–Trinajstić information content (AvgIpc) is 2.75. The highest BCUT2D eigenvalue weighted by molar-refractivity contribution is 5.93. The number of aliphatic hydroxyl groups excluding tert-OH is 1. The summed E-state index contributed by atoms with van der Waals surface area (Å²) in [7, 11) is 1.17. The van der Waals surface area contributed by atoms with Gasteiger partial charge in [0.25, 0.3) is 5.91 Å².